The molecule has 0 aliphatic rings. The minimum atomic E-state index is -2.03. The van der Waals surface area contributed by atoms with Gasteiger partial charge in [-0.2, -0.15) is 0 Å². The molecule has 0 radical (unpaired) electrons. The molecule has 0 heterocycles. The second-order valence-corrected chi connectivity index (χ2v) is 4.29. The van der Waals surface area contributed by atoms with E-state index < -0.39 is 30.0 Å². The maximum absolute atomic E-state index is 13.9. The number of hydrogen-bond acceptors (Lipinski definition) is 4. The van der Waals surface area contributed by atoms with Crippen LogP contribution in [-0.4, -0.2) is 24.3 Å². The second-order valence-electron chi connectivity index (χ2n) is 4.29. The van der Waals surface area contributed by atoms with E-state index in [1.807, 2.05) is 0 Å². The summed E-state index contributed by atoms with van der Waals surface area (Å²) < 4.78 is 37.6. The van der Waals surface area contributed by atoms with Crippen molar-refractivity contribution in [3.8, 4) is 11.5 Å². The van der Waals surface area contributed by atoms with E-state index in [1.54, 1.807) is 24.3 Å². The van der Waals surface area contributed by atoms with Gasteiger partial charge in [-0.25, -0.2) is 8.78 Å². The van der Waals surface area contributed by atoms with Gasteiger partial charge in [0.1, 0.15) is 12.4 Å². The summed E-state index contributed by atoms with van der Waals surface area (Å²) in [6, 6.07) is 8.65. The van der Waals surface area contributed by atoms with Crippen LogP contribution in [0.1, 0.15) is 5.56 Å². The average molecular weight is 294 g/mol. The summed E-state index contributed by atoms with van der Waals surface area (Å²) in [6.07, 6.45) is 0. The maximum Gasteiger partial charge on any atom is 0.491 e. The molecule has 4 nitrogen and oxygen atoms in total. The lowest BCUT2D eigenvalue weighted by Crippen LogP contribution is -2.33. The summed E-state index contributed by atoms with van der Waals surface area (Å²) in [5.74, 6) is -2.03. The van der Waals surface area contributed by atoms with Gasteiger partial charge in [-0.1, -0.05) is 18.2 Å². The topological polar surface area (TPSA) is 58.9 Å². The van der Waals surface area contributed by atoms with E-state index in [1.165, 1.54) is 7.11 Å². The Morgan fingerprint density at radius 3 is 2.29 bits per heavy atom. The summed E-state index contributed by atoms with van der Waals surface area (Å²) in [7, 11) is -0.504. The zero-order valence-corrected chi connectivity index (χ0v) is 11.2. The predicted molar refractivity (Wildman–Crippen MR) is 73.5 cm³/mol. The van der Waals surface area contributed by atoms with Crippen molar-refractivity contribution in [2.45, 2.75) is 6.61 Å². The Balaban J connectivity index is 2.17. The number of methoxy groups -OCH3 is 1. The third kappa shape index (κ3) is 3.50. The first-order valence-corrected chi connectivity index (χ1v) is 6.12. The molecule has 2 aromatic rings. The van der Waals surface area contributed by atoms with Crippen LogP contribution < -0.4 is 14.9 Å². The van der Waals surface area contributed by atoms with E-state index >= 15 is 0 Å². The van der Waals surface area contributed by atoms with Gasteiger partial charge in [0.15, 0.2) is 17.4 Å². The Morgan fingerprint density at radius 2 is 1.71 bits per heavy atom. The molecule has 0 spiro atoms. The van der Waals surface area contributed by atoms with Gasteiger partial charge in [0.25, 0.3) is 0 Å². The Bertz CT molecular complexity index is 617. The standard InChI is InChI=1S/C14H13BF2O4/c1-20-10-4-2-9(3-5-10)8-21-14-12(16)7-6-11(13(14)17)15(18)19/h2-7,18-19H,8H2,1H3. The molecule has 2 rings (SSSR count). The molecule has 0 saturated carbocycles. The van der Waals surface area contributed by atoms with Gasteiger partial charge in [-0.05, 0) is 23.8 Å². The predicted octanol–water partition coefficient (Wildman–Crippen LogP) is 1.23. The van der Waals surface area contributed by atoms with Crippen LogP contribution in [-0.2, 0) is 6.61 Å². The fourth-order valence-corrected chi connectivity index (χ4v) is 1.76. The molecule has 2 aromatic carbocycles. The van der Waals surface area contributed by atoms with Gasteiger partial charge in [0.2, 0.25) is 0 Å². The molecule has 0 amide bonds. The van der Waals surface area contributed by atoms with Crippen molar-refractivity contribution in [1.29, 1.82) is 0 Å². The van der Waals surface area contributed by atoms with Crippen LogP contribution >= 0.6 is 0 Å². The number of rotatable bonds is 5. The van der Waals surface area contributed by atoms with Crippen LogP contribution in [0.15, 0.2) is 36.4 Å². The van der Waals surface area contributed by atoms with Crippen molar-refractivity contribution in [3.63, 3.8) is 0 Å². The van der Waals surface area contributed by atoms with Gasteiger partial charge in [0, 0.05) is 5.46 Å². The Hall–Kier alpha value is -2.12. The maximum atomic E-state index is 13.9. The van der Waals surface area contributed by atoms with E-state index in [2.05, 4.69) is 0 Å². The molecule has 0 atom stereocenters. The van der Waals surface area contributed by atoms with Gasteiger partial charge < -0.3 is 19.5 Å². The fraction of sp³-hybridized carbons (Fsp3) is 0.143. The lowest BCUT2D eigenvalue weighted by Gasteiger charge is -2.11. The third-order valence-electron chi connectivity index (χ3n) is 2.90. The quantitative estimate of drug-likeness (QED) is 0.814. The summed E-state index contributed by atoms with van der Waals surface area (Å²) >= 11 is 0. The molecule has 2 N–H and O–H groups in total. The molecule has 0 aromatic heterocycles. The second kappa shape index (κ2) is 6.56. The Labute approximate surface area is 120 Å². The van der Waals surface area contributed by atoms with E-state index in [-0.39, 0.29) is 6.61 Å². The van der Waals surface area contributed by atoms with Crippen LogP contribution in [0.5, 0.6) is 11.5 Å². The molecule has 0 aliphatic carbocycles. The first-order chi connectivity index (χ1) is 10.0. The molecule has 0 saturated heterocycles. The largest absolute Gasteiger partial charge is 0.497 e. The van der Waals surface area contributed by atoms with E-state index in [9.17, 15) is 8.78 Å². The lowest BCUT2D eigenvalue weighted by molar-refractivity contribution is 0.274. The first-order valence-electron chi connectivity index (χ1n) is 6.12. The van der Waals surface area contributed by atoms with Gasteiger partial charge in [-0.15, -0.1) is 0 Å². The zero-order chi connectivity index (χ0) is 15.4. The van der Waals surface area contributed by atoms with Crippen molar-refractivity contribution in [2.24, 2.45) is 0 Å². The molecule has 0 bridgehead atoms. The van der Waals surface area contributed by atoms with Crippen LogP contribution in [0.25, 0.3) is 0 Å². The SMILES string of the molecule is COc1ccc(COc2c(F)ccc(B(O)O)c2F)cc1. The summed E-state index contributed by atoms with van der Waals surface area (Å²) in [5, 5.41) is 18.0. The molecular weight excluding hydrogens is 281 g/mol. The number of halogens is 2. The van der Waals surface area contributed by atoms with E-state index in [0.717, 1.165) is 12.1 Å². The highest BCUT2D eigenvalue weighted by molar-refractivity contribution is 6.58. The molecule has 110 valence electrons. The van der Waals surface area contributed by atoms with Gasteiger partial charge >= 0.3 is 7.12 Å². The minimum Gasteiger partial charge on any atom is -0.497 e. The summed E-state index contributed by atoms with van der Waals surface area (Å²) in [4.78, 5) is 0. The van der Waals surface area contributed by atoms with Crippen LogP contribution in [0.4, 0.5) is 8.78 Å². The van der Waals surface area contributed by atoms with Crippen molar-refractivity contribution in [1.82, 2.24) is 0 Å². The van der Waals surface area contributed by atoms with Crippen molar-refractivity contribution >= 4 is 12.6 Å². The smallest absolute Gasteiger partial charge is 0.491 e. The summed E-state index contributed by atoms with van der Waals surface area (Å²) in [6.45, 7) is -0.0667. The highest BCUT2D eigenvalue weighted by Crippen LogP contribution is 2.22. The normalized spacial score (nSPS) is 10.3. The number of benzene rings is 2. The van der Waals surface area contributed by atoms with Crippen molar-refractivity contribution in [2.75, 3.05) is 7.11 Å². The first kappa shape index (κ1) is 15.3. The molecule has 0 unspecified atom stereocenters. The minimum absolute atomic E-state index is 0.0667. The molecule has 21 heavy (non-hydrogen) atoms. The highest BCUT2D eigenvalue weighted by atomic mass is 19.1. The van der Waals surface area contributed by atoms with Crippen LogP contribution in [0, 0.1) is 11.6 Å². The van der Waals surface area contributed by atoms with Gasteiger partial charge in [0.05, 0.1) is 7.11 Å². The molecular formula is C14H13BF2O4. The third-order valence-corrected chi connectivity index (χ3v) is 2.90. The highest BCUT2D eigenvalue weighted by Gasteiger charge is 2.22. The van der Waals surface area contributed by atoms with Crippen molar-refractivity contribution in [3.05, 3.63) is 53.6 Å². The molecule has 7 heteroatoms. The summed E-state index contributed by atoms with van der Waals surface area (Å²) in [5.41, 5.74) is 0.241. The van der Waals surface area contributed by atoms with Gasteiger partial charge in [-0.3, -0.25) is 0 Å². The van der Waals surface area contributed by atoms with Crippen molar-refractivity contribution < 1.29 is 28.3 Å². The Morgan fingerprint density at radius 1 is 1.05 bits per heavy atom. The monoisotopic (exact) mass is 294 g/mol. The number of hydrogen-bond donors (Lipinski definition) is 2. The van der Waals surface area contributed by atoms with E-state index in [4.69, 9.17) is 19.5 Å². The number of ether oxygens (including phenoxy) is 2. The molecule has 0 fully saturated rings. The van der Waals surface area contributed by atoms with Crippen LogP contribution in [0.2, 0.25) is 0 Å². The van der Waals surface area contributed by atoms with Crippen LogP contribution in [0.3, 0.4) is 0 Å². The fourth-order valence-electron chi connectivity index (χ4n) is 1.76. The average Bonchev–Trinajstić information content (AvgIpc) is 2.47. The zero-order valence-electron chi connectivity index (χ0n) is 11.2. The molecule has 0 aliphatic heterocycles. The van der Waals surface area contributed by atoms with E-state index in [0.29, 0.717) is 11.3 Å². The lowest BCUT2D eigenvalue weighted by atomic mass is 9.80. The Kier molecular flexibility index (Phi) is 4.77.